The Morgan fingerprint density at radius 3 is 2.54 bits per heavy atom. The maximum absolute atomic E-state index is 13.0. The standard InChI is InChI=1S/C18H30N4O3.ClH/c1-3-11-21(14-7-10-19-12-14)15(23)13-22-16(24)18(20(2)17(22)25)8-5-4-6-9-18;/h14,19H,3-13H2,1-2H3;1H. The number of amides is 4. The van der Waals surface area contributed by atoms with Gasteiger partial charge in [-0.15, -0.1) is 12.4 Å². The molecule has 0 radical (unpaired) electrons. The molecule has 0 bridgehead atoms. The molecule has 3 rings (SSSR count). The maximum Gasteiger partial charge on any atom is 0.327 e. The number of urea groups is 1. The highest BCUT2D eigenvalue weighted by Crippen LogP contribution is 2.39. The third-order valence-corrected chi connectivity index (χ3v) is 6.04. The van der Waals surface area contributed by atoms with Crippen LogP contribution in [0.1, 0.15) is 51.9 Å². The van der Waals surface area contributed by atoms with Gasteiger partial charge in [0.25, 0.3) is 5.91 Å². The van der Waals surface area contributed by atoms with Gasteiger partial charge in [0.1, 0.15) is 12.1 Å². The molecule has 1 N–H and O–H groups in total. The Kier molecular flexibility index (Phi) is 6.91. The Labute approximate surface area is 161 Å². The van der Waals surface area contributed by atoms with Crippen LogP contribution < -0.4 is 5.32 Å². The smallest absolute Gasteiger partial charge is 0.327 e. The average molecular weight is 387 g/mol. The van der Waals surface area contributed by atoms with Crippen LogP contribution in [0, 0.1) is 0 Å². The topological polar surface area (TPSA) is 73.0 Å². The van der Waals surface area contributed by atoms with E-state index in [-0.39, 0.29) is 42.8 Å². The molecule has 2 saturated heterocycles. The summed E-state index contributed by atoms with van der Waals surface area (Å²) in [5, 5.41) is 3.28. The van der Waals surface area contributed by atoms with Crippen LogP contribution in [-0.4, -0.2) is 77.4 Å². The highest BCUT2D eigenvalue weighted by atomic mass is 35.5. The van der Waals surface area contributed by atoms with E-state index in [2.05, 4.69) is 5.32 Å². The van der Waals surface area contributed by atoms with Gasteiger partial charge < -0.3 is 15.1 Å². The summed E-state index contributed by atoms with van der Waals surface area (Å²) in [6, 6.07) is -0.150. The molecule has 0 aromatic rings. The molecule has 2 heterocycles. The van der Waals surface area contributed by atoms with E-state index < -0.39 is 5.54 Å². The molecule has 8 heteroatoms. The average Bonchev–Trinajstić information content (AvgIpc) is 3.21. The third kappa shape index (κ3) is 3.56. The number of imide groups is 1. The molecule has 1 unspecified atom stereocenters. The van der Waals surface area contributed by atoms with Crippen LogP contribution in [0.4, 0.5) is 4.79 Å². The zero-order chi connectivity index (χ0) is 18.0. The number of nitrogens with one attached hydrogen (secondary N) is 1. The number of hydrogen-bond donors (Lipinski definition) is 1. The van der Waals surface area contributed by atoms with Crippen molar-refractivity contribution < 1.29 is 14.4 Å². The minimum atomic E-state index is -0.708. The van der Waals surface area contributed by atoms with Gasteiger partial charge >= 0.3 is 6.03 Å². The van der Waals surface area contributed by atoms with Crippen LogP contribution >= 0.6 is 12.4 Å². The first kappa shape index (κ1) is 21.0. The molecule has 1 saturated carbocycles. The molecule has 1 aliphatic carbocycles. The second-order valence-electron chi connectivity index (χ2n) is 7.56. The van der Waals surface area contributed by atoms with E-state index in [0.29, 0.717) is 19.4 Å². The second kappa shape index (κ2) is 8.57. The highest BCUT2D eigenvalue weighted by Gasteiger charge is 2.56. The Balaban J connectivity index is 0.00000243. The summed E-state index contributed by atoms with van der Waals surface area (Å²) in [5.41, 5.74) is -0.708. The van der Waals surface area contributed by atoms with Crippen molar-refractivity contribution >= 4 is 30.3 Å². The molecule has 4 amide bonds. The number of halogens is 1. The van der Waals surface area contributed by atoms with E-state index in [4.69, 9.17) is 0 Å². The quantitative estimate of drug-likeness (QED) is 0.728. The summed E-state index contributed by atoms with van der Waals surface area (Å²) in [4.78, 5) is 43.2. The van der Waals surface area contributed by atoms with E-state index in [1.54, 1.807) is 11.9 Å². The summed E-state index contributed by atoms with van der Waals surface area (Å²) in [7, 11) is 1.71. The minimum absolute atomic E-state index is 0. The first-order valence-corrected chi connectivity index (χ1v) is 9.61. The van der Waals surface area contributed by atoms with Gasteiger partial charge in [-0.2, -0.15) is 0 Å². The van der Waals surface area contributed by atoms with E-state index in [0.717, 1.165) is 45.2 Å². The lowest BCUT2D eigenvalue weighted by Crippen LogP contribution is -2.50. The second-order valence-corrected chi connectivity index (χ2v) is 7.56. The SMILES string of the molecule is CCCN(C(=O)CN1C(=O)N(C)C2(CCCCC2)C1=O)C1CCNC1.Cl. The summed E-state index contributed by atoms with van der Waals surface area (Å²) >= 11 is 0. The van der Waals surface area contributed by atoms with E-state index in [1.165, 1.54) is 4.90 Å². The van der Waals surface area contributed by atoms with Gasteiger partial charge in [-0.25, -0.2) is 4.79 Å². The fourth-order valence-electron chi connectivity index (χ4n) is 4.55. The molecule has 0 aromatic heterocycles. The van der Waals surface area contributed by atoms with Gasteiger partial charge in [-0.1, -0.05) is 26.2 Å². The number of hydrogen-bond acceptors (Lipinski definition) is 4. The number of carbonyl (C=O) groups is 3. The molecule has 3 fully saturated rings. The van der Waals surface area contributed by atoms with E-state index in [9.17, 15) is 14.4 Å². The van der Waals surface area contributed by atoms with Crippen molar-refractivity contribution in [1.82, 2.24) is 20.0 Å². The Hall–Kier alpha value is -1.34. The lowest BCUT2D eigenvalue weighted by atomic mass is 9.81. The van der Waals surface area contributed by atoms with Gasteiger partial charge in [0.15, 0.2) is 0 Å². The van der Waals surface area contributed by atoms with E-state index in [1.807, 2.05) is 11.8 Å². The van der Waals surface area contributed by atoms with Crippen molar-refractivity contribution in [3.63, 3.8) is 0 Å². The molecular formula is C18H31ClN4O3. The molecule has 26 heavy (non-hydrogen) atoms. The fourth-order valence-corrected chi connectivity index (χ4v) is 4.55. The first-order valence-electron chi connectivity index (χ1n) is 9.61. The predicted octanol–water partition coefficient (Wildman–Crippen LogP) is 1.61. The fraction of sp³-hybridized carbons (Fsp3) is 0.833. The molecule has 2 aliphatic heterocycles. The molecule has 3 aliphatic rings. The van der Waals surface area contributed by atoms with Crippen LogP contribution in [0.5, 0.6) is 0 Å². The van der Waals surface area contributed by atoms with Crippen molar-refractivity contribution in [2.24, 2.45) is 0 Å². The van der Waals surface area contributed by atoms with Gasteiger partial charge in [0.2, 0.25) is 5.91 Å². The Morgan fingerprint density at radius 1 is 1.27 bits per heavy atom. The summed E-state index contributed by atoms with van der Waals surface area (Å²) in [5.74, 6) is -0.285. The third-order valence-electron chi connectivity index (χ3n) is 6.04. The van der Waals surface area contributed by atoms with Gasteiger partial charge in [-0.05, 0) is 32.2 Å². The summed E-state index contributed by atoms with van der Waals surface area (Å²) < 4.78 is 0. The van der Waals surface area contributed by atoms with Crippen molar-refractivity contribution in [2.75, 3.05) is 33.2 Å². The lowest BCUT2D eigenvalue weighted by Gasteiger charge is -2.36. The molecule has 7 nitrogen and oxygen atoms in total. The zero-order valence-electron chi connectivity index (χ0n) is 15.8. The van der Waals surface area contributed by atoms with Gasteiger partial charge in [0, 0.05) is 26.2 Å². The lowest BCUT2D eigenvalue weighted by molar-refractivity contribution is -0.141. The number of nitrogens with zero attached hydrogens (tertiary/aromatic N) is 3. The van der Waals surface area contributed by atoms with Crippen LogP contribution in [0.2, 0.25) is 0 Å². The number of rotatable bonds is 5. The van der Waals surface area contributed by atoms with Gasteiger partial charge in [0.05, 0.1) is 0 Å². The van der Waals surface area contributed by atoms with E-state index >= 15 is 0 Å². The van der Waals surface area contributed by atoms with Crippen molar-refractivity contribution in [1.29, 1.82) is 0 Å². The predicted molar refractivity (Wildman–Crippen MR) is 101 cm³/mol. The zero-order valence-corrected chi connectivity index (χ0v) is 16.6. The summed E-state index contributed by atoms with van der Waals surface area (Å²) in [6.45, 7) is 4.28. The molecule has 148 valence electrons. The normalized spacial score (nSPS) is 24.9. The monoisotopic (exact) mass is 386 g/mol. The van der Waals surface area contributed by atoms with Crippen molar-refractivity contribution in [3.05, 3.63) is 0 Å². The van der Waals surface area contributed by atoms with Crippen LogP contribution in [-0.2, 0) is 9.59 Å². The number of carbonyl (C=O) groups excluding carboxylic acids is 3. The molecule has 1 spiro atoms. The Bertz CT molecular complexity index is 545. The van der Waals surface area contributed by atoms with Crippen LogP contribution in [0.25, 0.3) is 0 Å². The minimum Gasteiger partial charge on any atom is -0.337 e. The van der Waals surface area contributed by atoms with Crippen LogP contribution in [0.3, 0.4) is 0 Å². The molecule has 1 atom stereocenters. The molecular weight excluding hydrogens is 356 g/mol. The summed E-state index contributed by atoms with van der Waals surface area (Å²) in [6.07, 6.45) is 6.25. The first-order chi connectivity index (χ1) is 12.0. The number of likely N-dealkylation sites (N-methyl/N-ethyl adjacent to an activating group) is 1. The van der Waals surface area contributed by atoms with Gasteiger partial charge in [-0.3, -0.25) is 14.5 Å². The Morgan fingerprint density at radius 2 is 1.96 bits per heavy atom. The highest BCUT2D eigenvalue weighted by molar-refractivity contribution is 6.09. The maximum atomic E-state index is 13.0. The van der Waals surface area contributed by atoms with Crippen molar-refractivity contribution in [2.45, 2.75) is 63.5 Å². The largest absolute Gasteiger partial charge is 0.337 e. The molecule has 0 aromatic carbocycles. The van der Waals surface area contributed by atoms with Crippen molar-refractivity contribution in [3.8, 4) is 0 Å². The van der Waals surface area contributed by atoms with Crippen LogP contribution in [0.15, 0.2) is 0 Å².